The summed E-state index contributed by atoms with van der Waals surface area (Å²) in [5.41, 5.74) is 4.34. The van der Waals surface area contributed by atoms with Gasteiger partial charge in [-0.2, -0.15) is 5.26 Å². The lowest BCUT2D eigenvalue weighted by Crippen LogP contribution is -2.23. The van der Waals surface area contributed by atoms with Crippen molar-refractivity contribution < 1.29 is 4.74 Å². The lowest BCUT2D eigenvalue weighted by Gasteiger charge is -2.20. The van der Waals surface area contributed by atoms with Crippen LogP contribution in [-0.2, 0) is 17.8 Å². The molecule has 1 aliphatic rings. The molecule has 0 unspecified atom stereocenters. The second kappa shape index (κ2) is 7.63. The Morgan fingerprint density at radius 1 is 1.22 bits per heavy atom. The number of nitrogens with zero attached hydrogens (tertiary/aromatic N) is 2. The van der Waals surface area contributed by atoms with Gasteiger partial charge in [0.15, 0.2) is 0 Å². The minimum absolute atomic E-state index is 0.661. The van der Waals surface area contributed by atoms with Crippen LogP contribution in [0.2, 0.25) is 0 Å². The summed E-state index contributed by atoms with van der Waals surface area (Å²) in [7, 11) is 0. The van der Waals surface area contributed by atoms with Gasteiger partial charge in [-0.15, -0.1) is 0 Å². The molecule has 0 fully saturated rings. The largest absolute Gasteiger partial charge is 0.377 e. The van der Waals surface area contributed by atoms with E-state index in [1.165, 1.54) is 11.1 Å². The van der Waals surface area contributed by atoms with Gasteiger partial charge in [0.25, 0.3) is 0 Å². The topological polar surface area (TPSA) is 36.3 Å². The van der Waals surface area contributed by atoms with Crippen molar-refractivity contribution in [3.05, 3.63) is 63.6 Å². The molecule has 3 rings (SSSR count). The van der Waals surface area contributed by atoms with Gasteiger partial charge in [-0.3, -0.25) is 0 Å². The smallest absolute Gasteiger partial charge is 0.101 e. The predicted octanol–water partition coefficient (Wildman–Crippen LogP) is 4.29. The van der Waals surface area contributed by atoms with Crippen LogP contribution in [0.25, 0.3) is 0 Å². The SMILES string of the molecule is N#Cc1cc(Br)cc2c1N(CCCOCc1ccccc1)CC2. The third-order valence-electron chi connectivity index (χ3n) is 4.07. The first-order valence-corrected chi connectivity index (χ1v) is 8.66. The molecule has 0 spiro atoms. The molecule has 3 nitrogen and oxygen atoms in total. The van der Waals surface area contributed by atoms with Crippen molar-refractivity contribution in [1.29, 1.82) is 5.26 Å². The van der Waals surface area contributed by atoms with Gasteiger partial charge in [0.1, 0.15) is 6.07 Å². The van der Waals surface area contributed by atoms with Crippen LogP contribution in [0.3, 0.4) is 0 Å². The molecule has 0 radical (unpaired) electrons. The summed E-state index contributed by atoms with van der Waals surface area (Å²) in [4.78, 5) is 2.31. The van der Waals surface area contributed by atoms with Crippen molar-refractivity contribution in [2.24, 2.45) is 0 Å². The fourth-order valence-corrected chi connectivity index (χ4v) is 3.52. The van der Waals surface area contributed by atoms with Crippen LogP contribution in [0.1, 0.15) is 23.1 Å². The number of anilines is 1. The molecule has 0 saturated carbocycles. The molecule has 1 aliphatic heterocycles. The van der Waals surface area contributed by atoms with Gasteiger partial charge < -0.3 is 9.64 Å². The lowest BCUT2D eigenvalue weighted by atomic mass is 10.1. The van der Waals surface area contributed by atoms with Crippen LogP contribution in [0.4, 0.5) is 5.69 Å². The highest BCUT2D eigenvalue weighted by Crippen LogP contribution is 2.34. The van der Waals surface area contributed by atoms with Crippen molar-refractivity contribution in [1.82, 2.24) is 0 Å². The minimum atomic E-state index is 0.661. The highest BCUT2D eigenvalue weighted by atomic mass is 79.9. The molecule has 0 bridgehead atoms. The summed E-state index contributed by atoms with van der Waals surface area (Å²) in [5.74, 6) is 0. The quantitative estimate of drug-likeness (QED) is 0.711. The lowest BCUT2D eigenvalue weighted by molar-refractivity contribution is 0.119. The molecule has 2 aromatic carbocycles. The van der Waals surface area contributed by atoms with Crippen LogP contribution in [0.15, 0.2) is 46.9 Å². The average molecular weight is 371 g/mol. The Morgan fingerprint density at radius 3 is 2.83 bits per heavy atom. The van der Waals surface area contributed by atoms with Crippen LogP contribution in [0, 0.1) is 11.3 Å². The van der Waals surface area contributed by atoms with Gasteiger partial charge in [0.05, 0.1) is 17.9 Å². The molecule has 0 amide bonds. The molecule has 2 aromatic rings. The van der Waals surface area contributed by atoms with Gasteiger partial charge >= 0.3 is 0 Å². The zero-order valence-corrected chi connectivity index (χ0v) is 14.6. The summed E-state index contributed by atoms with van der Waals surface area (Å²) >= 11 is 3.48. The fraction of sp³-hybridized carbons (Fsp3) is 0.316. The summed E-state index contributed by atoms with van der Waals surface area (Å²) in [5, 5.41) is 9.36. The van der Waals surface area contributed by atoms with Crippen LogP contribution >= 0.6 is 15.9 Å². The Bertz CT molecular complexity index is 709. The fourth-order valence-electron chi connectivity index (χ4n) is 3.02. The van der Waals surface area contributed by atoms with Gasteiger partial charge in [0.2, 0.25) is 0 Å². The van der Waals surface area contributed by atoms with Crippen LogP contribution in [-0.4, -0.2) is 19.7 Å². The zero-order chi connectivity index (χ0) is 16.1. The van der Waals surface area contributed by atoms with E-state index < -0.39 is 0 Å². The molecule has 0 aromatic heterocycles. The van der Waals surface area contributed by atoms with E-state index in [0.717, 1.165) is 48.3 Å². The standard InChI is InChI=1S/C19H19BrN2O/c20-18-11-16-7-9-22(19(16)17(12-18)13-21)8-4-10-23-14-15-5-2-1-3-6-15/h1-3,5-6,11-12H,4,7-10,14H2. The third kappa shape index (κ3) is 3.93. The molecule has 23 heavy (non-hydrogen) atoms. The monoisotopic (exact) mass is 370 g/mol. The summed E-state index contributed by atoms with van der Waals surface area (Å²) in [6.07, 6.45) is 1.97. The number of hydrogen-bond acceptors (Lipinski definition) is 3. The van der Waals surface area contributed by atoms with E-state index in [1.54, 1.807) is 0 Å². The highest BCUT2D eigenvalue weighted by molar-refractivity contribution is 9.10. The Morgan fingerprint density at radius 2 is 2.04 bits per heavy atom. The minimum Gasteiger partial charge on any atom is -0.377 e. The number of hydrogen-bond donors (Lipinski definition) is 0. The maximum Gasteiger partial charge on any atom is 0.101 e. The van der Waals surface area contributed by atoms with E-state index in [2.05, 4.69) is 45.1 Å². The highest BCUT2D eigenvalue weighted by Gasteiger charge is 2.22. The second-order valence-corrected chi connectivity index (χ2v) is 6.62. The van der Waals surface area contributed by atoms with E-state index in [9.17, 15) is 5.26 Å². The van der Waals surface area contributed by atoms with E-state index in [0.29, 0.717) is 6.61 Å². The summed E-state index contributed by atoms with van der Waals surface area (Å²) in [6.45, 7) is 3.31. The predicted molar refractivity (Wildman–Crippen MR) is 95.5 cm³/mol. The maximum absolute atomic E-state index is 9.36. The maximum atomic E-state index is 9.36. The van der Waals surface area contributed by atoms with Crippen molar-refractivity contribution in [3.8, 4) is 6.07 Å². The molecule has 1 heterocycles. The summed E-state index contributed by atoms with van der Waals surface area (Å²) < 4.78 is 6.73. The van der Waals surface area contributed by atoms with Crippen molar-refractivity contribution in [3.63, 3.8) is 0 Å². The van der Waals surface area contributed by atoms with Crippen LogP contribution < -0.4 is 4.90 Å². The molecule has 0 N–H and O–H groups in total. The second-order valence-electron chi connectivity index (χ2n) is 5.70. The number of rotatable bonds is 6. The summed E-state index contributed by atoms with van der Waals surface area (Å²) in [6, 6.07) is 16.6. The first-order valence-electron chi connectivity index (χ1n) is 7.87. The van der Waals surface area contributed by atoms with Crippen molar-refractivity contribution in [2.45, 2.75) is 19.4 Å². The van der Waals surface area contributed by atoms with E-state index in [-0.39, 0.29) is 0 Å². The molecule has 0 atom stereocenters. The number of nitriles is 1. The molecule has 0 aliphatic carbocycles. The Kier molecular flexibility index (Phi) is 5.32. The van der Waals surface area contributed by atoms with Crippen LogP contribution in [0.5, 0.6) is 0 Å². The molecular weight excluding hydrogens is 352 g/mol. The van der Waals surface area contributed by atoms with E-state index in [1.807, 2.05) is 24.3 Å². The molecular formula is C19H19BrN2O. The van der Waals surface area contributed by atoms with Crippen molar-refractivity contribution in [2.75, 3.05) is 24.6 Å². The zero-order valence-electron chi connectivity index (χ0n) is 13.0. The van der Waals surface area contributed by atoms with Gasteiger partial charge in [-0.1, -0.05) is 46.3 Å². The van der Waals surface area contributed by atoms with Gasteiger partial charge in [-0.05, 0) is 36.1 Å². The van der Waals surface area contributed by atoms with Crippen molar-refractivity contribution >= 4 is 21.6 Å². The normalized spacial score (nSPS) is 13.0. The number of ether oxygens (including phenoxy) is 1. The number of fused-ring (bicyclic) bond motifs is 1. The first-order chi connectivity index (χ1) is 11.3. The van der Waals surface area contributed by atoms with Gasteiger partial charge in [0, 0.05) is 24.2 Å². The number of halogens is 1. The molecule has 0 saturated heterocycles. The van der Waals surface area contributed by atoms with E-state index >= 15 is 0 Å². The third-order valence-corrected chi connectivity index (χ3v) is 4.53. The first kappa shape index (κ1) is 16.0. The number of benzene rings is 2. The van der Waals surface area contributed by atoms with E-state index in [4.69, 9.17) is 4.74 Å². The van der Waals surface area contributed by atoms with Gasteiger partial charge in [-0.25, -0.2) is 0 Å². The Labute approximate surface area is 145 Å². The molecule has 4 heteroatoms. The Balaban J connectivity index is 1.51. The average Bonchev–Trinajstić information content (AvgIpc) is 2.97. The Hall–Kier alpha value is -1.83. The molecule has 118 valence electrons.